The van der Waals surface area contributed by atoms with Crippen LogP contribution in [0.3, 0.4) is 0 Å². The van der Waals surface area contributed by atoms with Gasteiger partial charge < -0.3 is 14.4 Å². The molecular formula is C25H27N5O3. The Bertz CT molecular complexity index is 1320. The van der Waals surface area contributed by atoms with E-state index in [0.717, 1.165) is 34.3 Å². The van der Waals surface area contributed by atoms with Crippen molar-refractivity contribution < 1.29 is 14.3 Å². The number of aryl methyl sites for hydroxylation is 1. The van der Waals surface area contributed by atoms with Crippen LogP contribution < -0.4 is 9.47 Å². The van der Waals surface area contributed by atoms with Crippen LogP contribution in [0.1, 0.15) is 30.6 Å². The maximum atomic E-state index is 13.3. The summed E-state index contributed by atoms with van der Waals surface area (Å²) in [4.78, 5) is 19.8. The van der Waals surface area contributed by atoms with E-state index >= 15 is 0 Å². The third-order valence-corrected chi connectivity index (χ3v) is 6.43. The minimum absolute atomic E-state index is 0.0712. The molecule has 2 aromatic heterocycles. The van der Waals surface area contributed by atoms with Gasteiger partial charge >= 0.3 is 0 Å². The van der Waals surface area contributed by atoms with Crippen molar-refractivity contribution in [1.82, 2.24) is 24.2 Å². The first-order valence-corrected chi connectivity index (χ1v) is 11.0. The van der Waals surface area contributed by atoms with Gasteiger partial charge in [-0.05, 0) is 38.0 Å². The van der Waals surface area contributed by atoms with E-state index in [4.69, 9.17) is 9.47 Å². The fourth-order valence-corrected chi connectivity index (χ4v) is 4.76. The third kappa shape index (κ3) is 3.42. The molecule has 0 saturated carbocycles. The monoisotopic (exact) mass is 445 g/mol. The lowest BCUT2D eigenvalue weighted by molar-refractivity contribution is 0.0260. The Morgan fingerprint density at radius 1 is 1.03 bits per heavy atom. The van der Waals surface area contributed by atoms with Crippen LogP contribution >= 0.6 is 0 Å². The van der Waals surface area contributed by atoms with Gasteiger partial charge in [-0.25, -0.2) is 4.98 Å². The summed E-state index contributed by atoms with van der Waals surface area (Å²) in [5.74, 6) is 0.891. The second-order valence-corrected chi connectivity index (χ2v) is 8.59. The summed E-state index contributed by atoms with van der Waals surface area (Å²) in [5.41, 5.74) is 5.14. The van der Waals surface area contributed by atoms with Crippen LogP contribution in [-0.4, -0.2) is 56.4 Å². The average molecular weight is 446 g/mol. The molecule has 2 atom stereocenters. The first-order valence-electron chi connectivity index (χ1n) is 11.0. The minimum Gasteiger partial charge on any atom is -0.496 e. The molecule has 3 heterocycles. The van der Waals surface area contributed by atoms with Crippen molar-refractivity contribution in [1.29, 1.82) is 0 Å². The summed E-state index contributed by atoms with van der Waals surface area (Å²) < 4.78 is 15.1. The second-order valence-electron chi connectivity index (χ2n) is 8.59. The van der Waals surface area contributed by atoms with Gasteiger partial charge in [0.25, 0.3) is 5.91 Å². The van der Waals surface area contributed by atoms with Crippen molar-refractivity contribution >= 4 is 16.9 Å². The normalized spacial score (nSPS) is 17.8. The molecule has 2 unspecified atom stereocenters. The number of methoxy groups -OCH3 is 2. The van der Waals surface area contributed by atoms with Gasteiger partial charge in [-0.2, -0.15) is 5.10 Å². The molecule has 0 N–H and O–H groups in total. The molecule has 170 valence electrons. The highest BCUT2D eigenvalue weighted by molar-refractivity contribution is 6.01. The summed E-state index contributed by atoms with van der Waals surface area (Å²) in [5, 5.41) is 4.25. The largest absolute Gasteiger partial charge is 0.496 e. The van der Waals surface area contributed by atoms with E-state index in [1.165, 1.54) is 0 Å². The summed E-state index contributed by atoms with van der Waals surface area (Å²) in [6.45, 7) is 4.12. The highest BCUT2D eigenvalue weighted by atomic mass is 16.5. The molecule has 8 nitrogen and oxygen atoms in total. The SMILES string of the molecule is COc1cc(-n2cnc3cc(-c4cnn(C)c4)ccc32)cc(OC)c1C(=O)N1C(C)CC1C. The topological polar surface area (TPSA) is 74.4 Å². The van der Waals surface area contributed by atoms with Crippen molar-refractivity contribution in [3.05, 3.63) is 54.6 Å². The zero-order chi connectivity index (χ0) is 23.3. The lowest BCUT2D eigenvalue weighted by Crippen LogP contribution is -2.55. The number of ether oxygens (including phenoxy) is 2. The molecular weight excluding hydrogens is 418 g/mol. The number of amides is 1. The fourth-order valence-electron chi connectivity index (χ4n) is 4.76. The number of rotatable bonds is 5. The number of carbonyl (C=O) groups is 1. The van der Waals surface area contributed by atoms with Crippen molar-refractivity contribution in [2.75, 3.05) is 14.2 Å². The number of benzene rings is 2. The van der Waals surface area contributed by atoms with E-state index in [1.807, 2.05) is 53.2 Å². The van der Waals surface area contributed by atoms with E-state index in [2.05, 4.69) is 30.0 Å². The van der Waals surface area contributed by atoms with Crippen molar-refractivity contribution in [2.45, 2.75) is 32.4 Å². The van der Waals surface area contributed by atoms with Gasteiger partial charge in [-0.15, -0.1) is 0 Å². The minimum atomic E-state index is -0.0712. The molecule has 1 aliphatic rings. The van der Waals surface area contributed by atoms with Gasteiger partial charge in [0.05, 0.1) is 37.1 Å². The van der Waals surface area contributed by atoms with Crippen molar-refractivity contribution in [3.8, 4) is 28.3 Å². The first kappa shape index (κ1) is 21.1. The lowest BCUT2D eigenvalue weighted by atomic mass is 9.94. The molecule has 0 radical (unpaired) electrons. The molecule has 8 heteroatoms. The molecule has 1 aliphatic heterocycles. The van der Waals surface area contributed by atoms with E-state index in [9.17, 15) is 4.79 Å². The van der Waals surface area contributed by atoms with Crippen molar-refractivity contribution in [3.63, 3.8) is 0 Å². The number of hydrogen-bond donors (Lipinski definition) is 0. The number of aromatic nitrogens is 4. The van der Waals surface area contributed by atoms with Crippen LogP contribution in [-0.2, 0) is 7.05 Å². The molecule has 1 fully saturated rings. The fraction of sp³-hybridized carbons (Fsp3) is 0.320. The van der Waals surface area contributed by atoms with E-state index in [-0.39, 0.29) is 18.0 Å². The molecule has 33 heavy (non-hydrogen) atoms. The van der Waals surface area contributed by atoms with Gasteiger partial charge in [0, 0.05) is 43.0 Å². The summed E-state index contributed by atoms with van der Waals surface area (Å²) in [6.07, 6.45) is 6.58. The number of nitrogens with zero attached hydrogens (tertiary/aromatic N) is 5. The summed E-state index contributed by atoms with van der Waals surface area (Å²) in [6, 6.07) is 10.3. The number of fused-ring (bicyclic) bond motifs is 1. The molecule has 0 spiro atoms. The Morgan fingerprint density at radius 3 is 2.30 bits per heavy atom. The highest BCUT2D eigenvalue weighted by Gasteiger charge is 2.38. The van der Waals surface area contributed by atoms with Gasteiger partial charge in [-0.1, -0.05) is 6.07 Å². The number of likely N-dealkylation sites (tertiary alicyclic amines) is 1. The van der Waals surface area contributed by atoms with Gasteiger partial charge in [-0.3, -0.25) is 14.0 Å². The smallest absolute Gasteiger partial charge is 0.261 e. The summed E-state index contributed by atoms with van der Waals surface area (Å²) in [7, 11) is 5.05. The zero-order valence-corrected chi connectivity index (χ0v) is 19.4. The van der Waals surface area contributed by atoms with Gasteiger partial charge in [0.2, 0.25) is 0 Å². The number of hydrogen-bond acceptors (Lipinski definition) is 5. The zero-order valence-electron chi connectivity index (χ0n) is 19.4. The predicted octanol–water partition coefficient (Wildman–Crippen LogP) is 4.07. The quantitative estimate of drug-likeness (QED) is 0.463. The highest BCUT2D eigenvalue weighted by Crippen LogP contribution is 2.37. The first-order chi connectivity index (χ1) is 15.9. The van der Waals surface area contributed by atoms with E-state index in [1.54, 1.807) is 25.2 Å². The predicted molar refractivity (Wildman–Crippen MR) is 126 cm³/mol. The molecule has 5 rings (SSSR count). The van der Waals surface area contributed by atoms with Crippen LogP contribution in [0.2, 0.25) is 0 Å². The Balaban J connectivity index is 1.57. The van der Waals surface area contributed by atoms with Crippen molar-refractivity contribution in [2.24, 2.45) is 7.05 Å². The Kier molecular flexibility index (Phi) is 5.08. The molecule has 0 aliphatic carbocycles. The maximum Gasteiger partial charge on any atom is 0.261 e. The Hall–Kier alpha value is -3.81. The number of imidazole rings is 1. The molecule has 0 bridgehead atoms. The van der Waals surface area contributed by atoms with Crippen LogP contribution in [0, 0.1) is 0 Å². The van der Waals surface area contributed by atoms with Crippen LogP contribution in [0.4, 0.5) is 0 Å². The van der Waals surface area contributed by atoms with Gasteiger partial charge in [0.1, 0.15) is 23.4 Å². The second kappa shape index (κ2) is 7.95. The third-order valence-electron chi connectivity index (χ3n) is 6.43. The number of carbonyl (C=O) groups excluding carboxylic acids is 1. The Labute approximate surface area is 192 Å². The standard InChI is InChI=1S/C25H27N5O3/c1-15-8-16(2)30(15)25(31)24-22(32-4)10-19(11-23(24)33-5)29-14-26-20-9-17(6-7-21(20)29)18-12-27-28(3)13-18/h6-7,9-16H,8H2,1-5H3. The molecule has 1 amide bonds. The van der Waals surface area contributed by atoms with Gasteiger partial charge in [0.15, 0.2) is 0 Å². The lowest BCUT2D eigenvalue weighted by Gasteiger charge is -2.45. The Morgan fingerprint density at radius 2 is 1.73 bits per heavy atom. The van der Waals surface area contributed by atoms with E-state index < -0.39 is 0 Å². The van der Waals surface area contributed by atoms with Crippen LogP contribution in [0.15, 0.2) is 49.1 Å². The summed E-state index contributed by atoms with van der Waals surface area (Å²) >= 11 is 0. The van der Waals surface area contributed by atoms with Crippen LogP contribution in [0.25, 0.3) is 27.8 Å². The molecule has 1 saturated heterocycles. The van der Waals surface area contributed by atoms with E-state index in [0.29, 0.717) is 17.1 Å². The maximum absolute atomic E-state index is 13.3. The molecule has 4 aromatic rings. The average Bonchev–Trinajstić information content (AvgIpc) is 3.43. The molecule has 2 aromatic carbocycles. The van der Waals surface area contributed by atoms with Crippen LogP contribution in [0.5, 0.6) is 11.5 Å².